The second-order valence-electron chi connectivity index (χ2n) is 1.24. The van der Waals surface area contributed by atoms with Gasteiger partial charge in [0.05, 0.1) is 6.54 Å². The molecule has 0 aromatic carbocycles. The summed E-state index contributed by atoms with van der Waals surface area (Å²) in [5, 5.41) is 9.15. The van der Waals surface area contributed by atoms with Crippen molar-refractivity contribution in [3.05, 3.63) is 17.1 Å². The molecule has 0 saturated carbocycles. The van der Waals surface area contributed by atoms with Crippen molar-refractivity contribution in [2.24, 2.45) is 5.18 Å². The molecule has 0 rings (SSSR count). The molecule has 0 atom stereocenters. The molecule has 0 aromatic rings. The van der Waals surface area contributed by atoms with Crippen LogP contribution in [-0.2, 0) is 0 Å². The molecule has 0 radical (unpaired) electrons. The highest BCUT2D eigenvalue weighted by Crippen LogP contribution is 1.80. The quantitative estimate of drug-likeness (QED) is 0.333. The summed E-state index contributed by atoms with van der Waals surface area (Å²) >= 11 is 0. The molecule has 8 heavy (non-hydrogen) atoms. The minimum atomic E-state index is 0.310. The van der Waals surface area contributed by atoms with Crippen molar-refractivity contribution in [2.45, 2.75) is 6.42 Å². The zero-order chi connectivity index (χ0) is 6.24. The molecule has 0 unspecified atom stereocenters. The van der Waals surface area contributed by atoms with Crippen molar-refractivity contribution in [3.63, 3.8) is 0 Å². The molecule has 1 N–H and O–H groups in total. The van der Waals surface area contributed by atoms with Crippen molar-refractivity contribution in [1.29, 1.82) is 5.41 Å². The smallest absolute Gasteiger partial charge is 0.0845 e. The predicted octanol–water partition coefficient (Wildman–Crippen LogP) is 1.35. The molecule has 0 spiro atoms. The first-order valence-electron chi connectivity index (χ1n) is 2.36. The number of nitrogens with zero attached hydrogens (tertiary/aromatic N) is 1. The zero-order valence-electron chi connectivity index (χ0n) is 4.50. The standard InChI is InChI=1S/C5H8N2O/c6-4-2-1-3-5-7-8/h1-2,4,6H,3,5H2. The summed E-state index contributed by atoms with van der Waals surface area (Å²) in [5.74, 6) is 0. The number of nitrogens with one attached hydrogen (secondary N) is 1. The Hall–Kier alpha value is -0.990. The summed E-state index contributed by atoms with van der Waals surface area (Å²) in [5.41, 5.74) is 0. The summed E-state index contributed by atoms with van der Waals surface area (Å²) < 4.78 is 0. The van der Waals surface area contributed by atoms with E-state index in [-0.39, 0.29) is 0 Å². The SMILES string of the molecule is N=CC=CCCN=O. The van der Waals surface area contributed by atoms with Gasteiger partial charge < -0.3 is 5.41 Å². The van der Waals surface area contributed by atoms with Crippen LogP contribution in [0.2, 0.25) is 0 Å². The monoisotopic (exact) mass is 112 g/mol. The van der Waals surface area contributed by atoms with Crippen molar-refractivity contribution in [1.82, 2.24) is 0 Å². The molecule has 0 fully saturated rings. The lowest BCUT2D eigenvalue weighted by Gasteiger charge is -1.76. The lowest BCUT2D eigenvalue weighted by molar-refractivity contribution is 0.998. The Bertz CT molecular complexity index is 98.6. The zero-order valence-corrected chi connectivity index (χ0v) is 4.50. The maximum atomic E-state index is 9.43. The third-order valence-corrected chi connectivity index (χ3v) is 0.619. The van der Waals surface area contributed by atoms with Crippen LogP contribution in [0.3, 0.4) is 0 Å². The van der Waals surface area contributed by atoms with Crippen LogP contribution in [0.25, 0.3) is 0 Å². The van der Waals surface area contributed by atoms with Crippen LogP contribution in [0, 0.1) is 10.3 Å². The van der Waals surface area contributed by atoms with Gasteiger partial charge in [0, 0.05) is 6.21 Å². The van der Waals surface area contributed by atoms with E-state index in [0.717, 1.165) is 0 Å². The van der Waals surface area contributed by atoms with Crippen molar-refractivity contribution in [2.75, 3.05) is 6.54 Å². The van der Waals surface area contributed by atoms with E-state index in [1.54, 1.807) is 12.2 Å². The molecule has 0 aromatic heterocycles. The van der Waals surface area contributed by atoms with Crippen LogP contribution in [-0.4, -0.2) is 12.8 Å². The fraction of sp³-hybridized carbons (Fsp3) is 0.400. The molecule has 0 aliphatic heterocycles. The molecule has 44 valence electrons. The van der Waals surface area contributed by atoms with Gasteiger partial charge in [0.25, 0.3) is 0 Å². The van der Waals surface area contributed by atoms with Crippen LogP contribution in [0.1, 0.15) is 6.42 Å². The van der Waals surface area contributed by atoms with Gasteiger partial charge in [-0.3, -0.25) is 0 Å². The minimum absolute atomic E-state index is 0.310. The topological polar surface area (TPSA) is 53.3 Å². The summed E-state index contributed by atoms with van der Waals surface area (Å²) in [6, 6.07) is 0. The van der Waals surface area contributed by atoms with Crippen LogP contribution < -0.4 is 0 Å². The van der Waals surface area contributed by atoms with Gasteiger partial charge in [0.1, 0.15) is 0 Å². The lowest BCUT2D eigenvalue weighted by atomic mass is 10.4. The average molecular weight is 112 g/mol. The highest BCUT2D eigenvalue weighted by Gasteiger charge is 1.73. The van der Waals surface area contributed by atoms with Crippen molar-refractivity contribution < 1.29 is 0 Å². The summed E-state index contributed by atoms with van der Waals surface area (Å²) in [6.07, 6.45) is 5.11. The van der Waals surface area contributed by atoms with Gasteiger partial charge in [0.2, 0.25) is 0 Å². The fourth-order valence-corrected chi connectivity index (χ4v) is 0.292. The van der Waals surface area contributed by atoms with Crippen LogP contribution in [0.5, 0.6) is 0 Å². The van der Waals surface area contributed by atoms with Gasteiger partial charge in [-0.05, 0) is 12.5 Å². The van der Waals surface area contributed by atoms with Crippen LogP contribution >= 0.6 is 0 Å². The van der Waals surface area contributed by atoms with Crippen LogP contribution in [0.4, 0.5) is 0 Å². The summed E-state index contributed by atoms with van der Waals surface area (Å²) in [7, 11) is 0. The van der Waals surface area contributed by atoms with E-state index in [4.69, 9.17) is 5.41 Å². The highest BCUT2D eigenvalue weighted by molar-refractivity contribution is 5.67. The second kappa shape index (κ2) is 6.01. The first-order chi connectivity index (χ1) is 3.91. The van der Waals surface area contributed by atoms with E-state index < -0.39 is 0 Å². The van der Waals surface area contributed by atoms with E-state index in [2.05, 4.69) is 5.18 Å². The fourth-order valence-electron chi connectivity index (χ4n) is 0.292. The number of nitroso groups, excluding NO2 is 1. The normalized spacial score (nSPS) is 9.50. The molecule has 0 amide bonds. The highest BCUT2D eigenvalue weighted by atomic mass is 16.3. The van der Waals surface area contributed by atoms with E-state index in [1.165, 1.54) is 6.21 Å². The number of hydrogen-bond donors (Lipinski definition) is 1. The van der Waals surface area contributed by atoms with Gasteiger partial charge in [-0.15, -0.1) is 0 Å². The molecule has 0 aliphatic carbocycles. The molecular weight excluding hydrogens is 104 g/mol. The van der Waals surface area contributed by atoms with Gasteiger partial charge in [-0.1, -0.05) is 11.3 Å². The van der Waals surface area contributed by atoms with Gasteiger partial charge in [-0.25, -0.2) is 0 Å². The van der Waals surface area contributed by atoms with Crippen molar-refractivity contribution in [3.8, 4) is 0 Å². The van der Waals surface area contributed by atoms with Crippen LogP contribution in [0.15, 0.2) is 17.3 Å². The maximum Gasteiger partial charge on any atom is 0.0845 e. The van der Waals surface area contributed by atoms with Gasteiger partial charge in [0.15, 0.2) is 0 Å². The number of allylic oxidation sites excluding steroid dienone is 1. The number of hydrogen-bond acceptors (Lipinski definition) is 3. The molecule has 0 saturated heterocycles. The molecule has 0 aliphatic rings. The van der Waals surface area contributed by atoms with E-state index in [0.29, 0.717) is 13.0 Å². The van der Waals surface area contributed by atoms with Gasteiger partial charge in [-0.2, -0.15) is 4.91 Å². The Morgan fingerprint density at radius 3 is 2.88 bits per heavy atom. The second-order valence-corrected chi connectivity index (χ2v) is 1.24. The third kappa shape index (κ3) is 5.01. The summed E-state index contributed by atoms with van der Waals surface area (Å²) in [4.78, 5) is 9.43. The minimum Gasteiger partial charge on any atom is -0.309 e. The number of rotatable bonds is 4. The molecule has 3 heteroatoms. The lowest BCUT2D eigenvalue weighted by Crippen LogP contribution is -1.71. The Balaban J connectivity index is 3.02. The molecule has 3 nitrogen and oxygen atoms in total. The molecular formula is C5H8N2O. The largest absolute Gasteiger partial charge is 0.309 e. The first-order valence-corrected chi connectivity index (χ1v) is 2.36. The van der Waals surface area contributed by atoms with Gasteiger partial charge >= 0.3 is 0 Å². The van der Waals surface area contributed by atoms with E-state index in [9.17, 15) is 4.91 Å². The third-order valence-electron chi connectivity index (χ3n) is 0.619. The first kappa shape index (κ1) is 7.01. The summed E-state index contributed by atoms with van der Waals surface area (Å²) in [6.45, 7) is 0.310. The maximum absolute atomic E-state index is 9.43. The molecule has 0 heterocycles. The van der Waals surface area contributed by atoms with Crippen molar-refractivity contribution >= 4 is 6.21 Å². The Labute approximate surface area is 47.9 Å². The Morgan fingerprint density at radius 2 is 2.38 bits per heavy atom. The Kier molecular flexibility index (Phi) is 5.27. The molecule has 0 bridgehead atoms. The predicted molar refractivity (Wildman–Crippen MR) is 33.2 cm³/mol. The van der Waals surface area contributed by atoms with E-state index >= 15 is 0 Å². The average Bonchev–Trinajstić information content (AvgIpc) is 1.81. The Morgan fingerprint density at radius 1 is 1.62 bits per heavy atom. The van der Waals surface area contributed by atoms with E-state index in [1.807, 2.05) is 0 Å².